The molecule has 9 aromatic rings. The number of hydrogen-bond donors (Lipinski definition) is 0. The minimum atomic E-state index is -3.16. The van der Waals surface area contributed by atoms with Gasteiger partial charge >= 0.3 is 0 Å². The Morgan fingerprint density at radius 1 is 0.385 bits per heavy atom. The second-order valence-electron chi connectivity index (χ2n) is 13.6. The van der Waals surface area contributed by atoms with Gasteiger partial charge in [0, 0.05) is 26.7 Å². The first-order valence-electron chi connectivity index (χ1n) is 17.8. The van der Waals surface area contributed by atoms with E-state index in [4.69, 9.17) is 0 Å². The quantitative estimate of drug-likeness (QED) is 0.160. The molecule has 10 rings (SSSR count). The standard InChI is InChI=1S/C49H34NOP/c51-52(39-17-6-2-7-18-39,40-19-8-3-9-20-40)41-33-31-38(32-34-41)49(37-29-27-36(28-30-37)35-15-4-1-5-16-35)44-23-11-13-26-47(44)50-46-25-12-10-21-42(46)43-22-14-24-45(49)48(43)50/h1-34H. The molecule has 0 saturated heterocycles. The van der Waals surface area contributed by atoms with Gasteiger partial charge in [-0.25, -0.2) is 0 Å². The van der Waals surface area contributed by atoms with E-state index in [9.17, 15) is 0 Å². The molecule has 0 amide bonds. The Bertz CT molecular complexity index is 2740. The van der Waals surface area contributed by atoms with Crippen molar-refractivity contribution in [3.63, 3.8) is 0 Å². The molecule has 2 heterocycles. The molecule has 2 nitrogen and oxygen atoms in total. The summed E-state index contributed by atoms with van der Waals surface area (Å²) in [5.74, 6) is 0. The Morgan fingerprint density at radius 3 is 1.54 bits per heavy atom. The highest BCUT2D eigenvalue weighted by molar-refractivity contribution is 7.85. The summed E-state index contributed by atoms with van der Waals surface area (Å²) in [6.07, 6.45) is 0. The van der Waals surface area contributed by atoms with Crippen LogP contribution >= 0.6 is 7.14 Å². The highest BCUT2D eigenvalue weighted by Gasteiger charge is 2.45. The fourth-order valence-corrected chi connectivity index (χ4v) is 11.3. The van der Waals surface area contributed by atoms with E-state index in [0.29, 0.717) is 0 Å². The highest BCUT2D eigenvalue weighted by atomic mass is 31.2. The van der Waals surface area contributed by atoms with Crippen molar-refractivity contribution in [1.29, 1.82) is 0 Å². The zero-order valence-electron chi connectivity index (χ0n) is 28.4. The van der Waals surface area contributed by atoms with Crippen LogP contribution in [0.5, 0.6) is 0 Å². The molecule has 0 fully saturated rings. The molecule has 246 valence electrons. The Kier molecular flexibility index (Phi) is 7.03. The van der Waals surface area contributed by atoms with Gasteiger partial charge in [0.2, 0.25) is 0 Å². The fraction of sp³-hybridized carbons (Fsp3) is 0.0204. The molecule has 1 unspecified atom stereocenters. The Balaban J connectivity index is 1.27. The molecule has 0 aliphatic carbocycles. The van der Waals surface area contributed by atoms with Gasteiger partial charge in [-0.3, -0.25) is 0 Å². The molecule has 1 aliphatic rings. The van der Waals surface area contributed by atoms with Gasteiger partial charge < -0.3 is 9.13 Å². The maximum absolute atomic E-state index is 15.4. The number of nitrogens with zero attached hydrogens (tertiary/aromatic N) is 1. The van der Waals surface area contributed by atoms with Crippen molar-refractivity contribution in [2.24, 2.45) is 0 Å². The molecule has 52 heavy (non-hydrogen) atoms. The zero-order valence-corrected chi connectivity index (χ0v) is 29.3. The number of para-hydroxylation sites is 3. The molecule has 0 N–H and O–H groups in total. The van der Waals surface area contributed by atoms with Crippen LogP contribution in [-0.2, 0) is 9.98 Å². The molecule has 0 radical (unpaired) electrons. The second-order valence-corrected chi connectivity index (χ2v) is 16.4. The molecular formula is C49H34NOP. The highest BCUT2D eigenvalue weighted by Crippen LogP contribution is 2.54. The average molecular weight is 684 g/mol. The van der Waals surface area contributed by atoms with Gasteiger partial charge in [0.1, 0.15) is 0 Å². The lowest BCUT2D eigenvalue weighted by Crippen LogP contribution is -2.35. The molecule has 1 aliphatic heterocycles. The fourth-order valence-electron chi connectivity index (χ4n) is 8.68. The number of fused-ring (bicyclic) bond motifs is 5. The van der Waals surface area contributed by atoms with Gasteiger partial charge in [0.15, 0.2) is 7.14 Å². The SMILES string of the molecule is O=P(c1ccccc1)(c1ccccc1)c1ccc(C2(c3ccc(-c4ccccc4)cc3)c3ccccc3-n3c4ccccc4c4cccc2c43)cc1. The van der Waals surface area contributed by atoms with E-state index >= 15 is 4.57 Å². The van der Waals surface area contributed by atoms with E-state index in [2.05, 4.69) is 150 Å². The third-order valence-electron chi connectivity index (χ3n) is 11.0. The lowest BCUT2D eigenvalue weighted by molar-refractivity contribution is 0.592. The van der Waals surface area contributed by atoms with Crippen LogP contribution in [0.15, 0.2) is 206 Å². The first-order valence-corrected chi connectivity index (χ1v) is 19.5. The Labute approximate surface area is 303 Å². The summed E-state index contributed by atoms with van der Waals surface area (Å²) in [6.45, 7) is 0. The van der Waals surface area contributed by atoms with Crippen molar-refractivity contribution >= 4 is 44.9 Å². The van der Waals surface area contributed by atoms with Gasteiger partial charge in [-0.05, 0) is 45.5 Å². The summed E-state index contributed by atoms with van der Waals surface area (Å²) >= 11 is 0. The molecule has 8 aromatic carbocycles. The largest absolute Gasteiger partial charge is 0.309 e. The lowest BCUT2D eigenvalue weighted by atomic mass is 9.63. The van der Waals surface area contributed by atoms with Crippen molar-refractivity contribution in [2.75, 3.05) is 0 Å². The van der Waals surface area contributed by atoms with Crippen molar-refractivity contribution in [3.05, 3.63) is 229 Å². The van der Waals surface area contributed by atoms with Crippen LogP contribution in [0.25, 0.3) is 38.6 Å². The molecule has 0 spiro atoms. The van der Waals surface area contributed by atoms with Crippen LogP contribution in [0.1, 0.15) is 22.3 Å². The minimum absolute atomic E-state index is 0.655. The second kappa shape index (κ2) is 11.9. The Morgan fingerprint density at radius 2 is 0.865 bits per heavy atom. The van der Waals surface area contributed by atoms with Gasteiger partial charge in [-0.15, -0.1) is 0 Å². The van der Waals surface area contributed by atoms with Gasteiger partial charge in [0.25, 0.3) is 0 Å². The van der Waals surface area contributed by atoms with Gasteiger partial charge in [-0.2, -0.15) is 0 Å². The summed E-state index contributed by atoms with van der Waals surface area (Å²) in [7, 11) is -3.16. The predicted octanol–water partition coefficient (Wildman–Crippen LogP) is 10.8. The molecule has 0 saturated carbocycles. The smallest absolute Gasteiger partial charge is 0.171 e. The number of rotatable bonds is 6. The number of benzene rings is 8. The predicted molar refractivity (Wildman–Crippen MR) is 217 cm³/mol. The lowest BCUT2D eigenvalue weighted by Gasteiger charge is -2.42. The normalized spacial score (nSPS) is 15.1. The molecule has 0 bridgehead atoms. The van der Waals surface area contributed by atoms with Gasteiger partial charge in [0.05, 0.1) is 22.1 Å². The van der Waals surface area contributed by atoms with Crippen molar-refractivity contribution in [1.82, 2.24) is 4.57 Å². The van der Waals surface area contributed by atoms with Crippen molar-refractivity contribution in [2.45, 2.75) is 5.41 Å². The van der Waals surface area contributed by atoms with E-state index in [1.807, 2.05) is 60.7 Å². The first kappa shape index (κ1) is 30.6. The summed E-state index contributed by atoms with van der Waals surface area (Å²) in [5, 5.41) is 4.96. The molecular weight excluding hydrogens is 650 g/mol. The topological polar surface area (TPSA) is 22.0 Å². The van der Waals surface area contributed by atoms with Gasteiger partial charge in [-0.1, -0.05) is 194 Å². The Hall–Kier alpha value is -6.21. The van der Waals surface area contributed by atoms with Crippen LogP contribution in [0.2, 0.25) is 0 Å². The van der Waals surface area contributed by atoms with Crippen LogP contribution in [0.4, 0.5) is 0 Å². The summed E-state index contributed by atoms with van der Waals surface area (Å²) in [5.41, 5.74) is 10.1. The van der Waals surface area contributed by atoms with E-state index < -0.39 is 12.6 Å². The van der Waals surface area contributed by atoms with E-state index in [1.54, 1.807) is 0 Å². The third-order valence-corrected chi connectivity index (χ3v) is 14.1. The van der Waals surface area contributed by atoms with Crippen LogP contribution in [0.3, 0.4) is 0 Å². The first-order chi connectivity index (χ1) is 25.7. The maximum atomic E-state index is 15.4. The minimum Gasteiger partial charge on any atom is -0.309 e. The van der Waals surface area contributed by atoms with Crippen LogP contribution in [0, 0.1) is 0 Å². The van der Waals surface area contributed by atoms with E-state index in [0.717, 1.165) is 21.5 Å². The monoisotopic (exact) mass is 683 g/mol. The molecule has 3 heteroatoms. The molecule has 1 atom stereocenters. The third kappa shape index (κ3) is 4.35. The maximum Gasteiger partial charge on any atom is 0.171 e. The number of hydrogen-bond acceptors (Lipinski definition) is 1. The van der Waals surface area contributed by atoms with Crippen LogP contribution < -0.4 is 15.9 Å². The summed E-state index contributed by atoms with van der Waals surface area (Å²) < 4.78 is 17.9. The van der Waals surface area contributed by atoms with E-state index in [1.165, 1.54) is 55.3 Å². The van der Waals surface area contributed by atoms with Crippen LogP contribution in [-0.4, -0.2) is 4.57 Å². The summed E-state index contributed by atoms with van der Waals surface area (Å²) in [4.78, 5) is 0. The van der Waals surface area contributed by atoms with E-state index in [-0.39, 0.29) is 0 Å². The number of aromatic nitrogens is 1. The zero-order chi connectivity index (χ0) is 34.7. The van der Waals surface area contributed by atoms with Crippen molar-refractivity contribution in [3.8, 4) is 16.8 Å². The summed E-state index contributed by atoms with van der Waals surface area (Å²) in [6, 6.07) is 72.6. The van der Waals surface area contributed by atoms with Crippen molar-refractivity contribution < 1.29 is 4.57 Å². The average Bonchev–Trinajstić information content (AvgIpc) is 3.57. The molecule has 1 aromatic heterocycles.